The fourth-order valence-corrected chi connectivity index (χ4v) is 1.19. The molecule has 1 aliphatic rings. The fraction of sp³-hybridized carbons (Fsp3) is 0.333. The Balaban J connectivity index is 1.98. The molecule has 0 radical (unpaired) electrons. The van der Waals surface area contributed by atoms with Gasteiger partial charge < -0.3 is 20.0 Å². The van der Waals surface area contributed by atoms with Crippen LogP contribution in [0, 0.1) is 0 Å². The Labute approximate surface area is 81.6 Å². The summed E-state index contributed by atoms with van der Waals surface area (Å²) in [6.07, 6.45) is 0. The van der Waals surface area contributed by atoms with E-state index in [-0.39, 0.29) is 13.4 Å². The van der Waals surface area contributed by atoms with Crippen molar-refractivity contribution in [2.45, 2.75) is 0 Å². The van der Waals surface area contributed by atoms with E-state index in [0.29, 0.717) is 6.54 Å². The first kappa shape index (κ1) is 9.11. The van der Waals surface area contributed by atoms with Gasteiger partial charge in [0.2, 0.25) is 6.79 Å². The molecule has 0 fully saturated rings. The lowest BCUT2D eigenvalue weighted by Crippen LogP contribution is -2.24. The summed E-state index contributed by atoms with van der Waals surface area (Å²) in [6.45, 7) is 0.870. The Morgan fingerprint density at radius 3 is 3.00 bits per heavy atom. The fourth-order valence-electron chi connectivity index (χ4n) is 1.19. The smallest absolute Gasteiger partial charge is 0.231 e. The maximum absolute atomic E-state index is 8.55. The van der Waals surface area contributed by atoms with E-state index in [1.165, 1.54) is 0 Å². The number of aliphatic hydroxyl groups is 1. The Bertz CT molecular complexity index is 317. The normalized spacial score (nSPS) is 12.9. The SMILES string of the molecule is OCCNNc1ccc2c(c1)OCO2. The molecule has 1 aromatic carbocycles. The molecular weight excluding hydrogens is 184 g/mol. The van der Waals surface area contributed by atoms with Crippen molar-refractivity contribution in [2.24, 2.45) is 0 Å². The van der Waals surface area contributed by atoms with E-state index < -0.39 is 0 Å². The molecule has 3 N–H and O–H groups in total. The van der Waals surface area contributed by atoms with Crippen molar-refractivity contribution in [3.05, 3.63) is 18.2 Å². The Kier molecular flexibility index (Phi) is 2.71. The lowest BCUT2D eigenvalue weighted by Gasteiger charge is -2.07. The van der Waals surface area contributed by atoms with Gasteiger partial charge in [0.15, 0.2) is 11.5 Å². The summed E-state index contributed by atoms with van der Waals surface area (Å²) < 4.78 is 10.4. The van der Waals surface area contributed by atoms with Crippen molar-refractivity contribution in [3.63, 3.8) is 0 Å². The molecule has 0 saturated heterocycles. The van der Waals surface area contributed by atoms with E-state index in [4.69, 9.17) is 14.6 Å². The molecule has 5 heteroatoms. The molecule has 5 nitrogen and oxygen atoms in total. The van der Waals surface area contributed by atoms with Crippen molar-refractivity contribution in [1.29, 1.82) is 0 Å². The average molecular weight is 196 g/mol. The van der Waals surface area contributed by atoms with E-state index in [2.05, 4.69) is 10.9 Å². The van der Waals surface area contributed by atoms with Crippen molar-refractivity contribution in [2.75, 3.05) is 25.4 Å². The van der Waals surface area contributed by atoms with Crippen molar-refractivity contribution in [3.8, 4) is 11.5 Å². The zero-order chi connectivity index (χ0) is 9.80. The van der Waals surface area contributed by atoms with Gasteiger partial charge in [0.1, 0.15) is 0 Å². The minimum absolute atomic E-state index is 0.0948. The number of ether oxygens (including phenoxy) is 2. The van der Waals surface area contributed by atoms with Crippen molar-refractivity contribution in [1.82, 2.24) is 5.43 Å². The summed E-state index contributed by atoms with van der Waals surface area (Å²) in [6, 6.07) is 5.55. The molecule has 14 heavy (non-hydrogen) atoms. The lowest BCUT2D eigenvalue weighted by molar-refractivity contribution is 0.174. The summed E-state index contributed by atoms with van der Waals surface area (Å²) in [5.41, 5.74) is 6.65. The van der Waals surface area contributed by atoms with Crippen LogP contribution in [0.3, 0.4) is 0 Å². The molecule has 1 aliphatic heterocycles. The number of anilines is 1. The van der Waals surface area contributed by atoms with E-state index in [9.17, 15) is 0 Å². The quantitative estimate of drug-likeness (QED) is 0.478. The van der Waals surface area contributed by atoms with Gasteiger partial charge in [0.25, 0.3) is 0 Å². The van der Waals surface area contributed by atoms with E-state index in [1.54, 1.807) is 0 Å². The second-order valence-electron chi connectivity index (χ2n) is 2.84. The van der Waals surface area contributed by atoms with Crippen LogP contribution in [-0.4, -0.2) is 25.1 Å². The molecule has 0 amide bonds. The van der Waals surface area contributed by atoms with Gasteiger partial charge in [-0.2, -0.15) is 0 Å². The molecule has 0 saturated carbocycles. The Morgan fingerprint density at radius 2 is 2.14 bits per heavy atom. The number of hydrogen-bond acceptors (Lipinski definition) is 5. The number of hydrogen-bond donors (Lipinski definition) is 3. The zero-order valence-corrected chi connectivity index (χ0v) is 7.62. The number of aliphatic hydroxyl groups excluding tert-OH is 1. The van der Waals surface area contributed by atoms with Crippen molar-refractivity contribution >= 4 is 5.69 Å². The van der Waals surface area contributed by atoms with Gasteiger partial charge in [0.05, 0.1) is 12.3 Å². The van der Waals surface area contributed by atoms with E-state index in [0.717, 1.165) is 17.2 Å². The first-order valence-electron chi connectivity index (χ1n) is 4.39. The van der Waals surface area contributed by atoms with Gasteiger partial charge in [-0.1, -0.05) is 0 Å². The highest BCUT2D eigenvalue weighted by molar-refractivity contribution is 5.55. The highest BCUT2D eigenvalue weighted by Crippen LogP contribution is 2.33. The molecule has 76 valence electrons. The largest absolute Gasteiger partial charge is 0.454 e. The molecule has 0 aromatic heterocycles. The predicted molar refractivity (Wildman–Crippen MR) is 51.3 cm³/mol. The molecule has 0 unspecified atom stereocenters. The van der Waals surface area contributed by atoms with Crippen LogP contribution in [0.2, 0.25) is 0 Å². The van der Waals surface area contributed by atoms with Crippen molar-refractivity contribution < 1.29 is 14.6 Å². The maximum atomic E-state index is 8.55. The number of rotatable bonds is 4. The van der Waals surface area contributed by atoms with E-state index in [1.807, 2.05) is 18.2 Å². The molecule has 0 spiro atoms. The van der Waals surface area contributed by atoms with Gasteiger partial charge in [-0.15, -0.1) is 0 Å². The summed E-state index contributed by atoms with van der Waals surface area (Å²) in [5, 5.41) is 8.55. The van der Waals surface area contributed by atoms with Crippen LogP contribution in [0.15, 0.2) is 18.2 Å². The van der Waals surface area contributed by atoms with Gasteiger partial charge in [-0.25, -0.2) is 5.43 Å². The molecule has 1 heterocycles. The van der Waals surface area contributed by atoms with Crippen LogP contribution < -0.4 is 20.3 Å². The monoisotopic (exact) mass is 196 g/mol. The Hall–Kier alpha value is -1.46. The maximum Gasteiger partial charge on any atom is 0.231 e. The number of nitrogens with one attached hydrogen (secondary N) is 2. The predicted octanol–water partition coefficient (Wildman–Crippen LogP) is 0.324. The van der Waals surface area contributed by atoms with Crippen LogP contribution in [0.1, 0.15) is 0 Å². The first-order valence-corrected chi connectivity index (χ1v) is 4.39. The average Bonchev–Trinajstić information content (AvgIpc) is 2.65. The van der Waals surface area contributed by atoms with Crippen LogP contribution in [0.4, 0.5) is 5.69 Å². The third-order valence-corrected chi connectivity index (χ3v) is 1.84. The second kappa shape index (κ2) is 4.17. The van der Waals surface area contributed by atoms with Crippen LogP contribution >= 0.6 is 0 Å². The minimum Gasteiger partial charge on any atom is -0.454 e. The van der Waals surface area contributed by atoms with Crippen LogP contribution in [0.5, 0.6) is 11.5 Å². The summed E-state index contributed by atoms with van der Waals surface area (Å²) in [5.74, 6) is 1.50. The molecule has 0 aliphatic carbocycles. The summed E-state index contributed by atoms with van der Waals surface area (Å²) in [4.78, 5) is 0. The first-order chi connectivity index (χ1) is 6.90. The van der Waals surface area contributed by atoms with Crippen LogP contribution in [0.25, 0.3) is 0 Å². The summed E-state index contributed by atoms with van der Waals surface area (Å²) >= 11 is 0. The molecule has 0 bridgehead atoms. The molecule has 2 rings (SSSR count). The van der Waals surface area contributed by atoms with Gasteiger partial charge in [0, 0.05) is 12.6 Å². The summed E-state index contributed by atoms with van der Waals surface area (Å²) in [7, 11) is 0. The van der Waals surface area contributed by atoms with Gasteiger partial charge in [-0.05, 0) is 12.1 Å². The molecule has 0 atom stereocenters. The molecular formula is C9H12N2O3. The number of hydrazine groups is 1. The second-order valence-corrected chi connectivity index (χ2v) is 2.84. The highest BCUT2D eigenvalue weighted by Gasteiger charge is 2.12. The Morgan fingerprint density at radius 1 is 1.29 bits per heavy atom. The lowest BCUT2D eigenvalue weighted by atomic mass is 10.3. The molecule has 1 aromatic rings. The van der Waals surface area contributed by atoms with Gasteiger partial charge >= 0.3 is 0 Å². The van der Waals surface area contributed by atoms with Crippen LogP contribution in [-0.2, 0) is 0 Å². The highest BCUT2D eigenvalue weighted by atomic mass is 16.7. The minimum atomic E-state index is 0.0948. The third-order valence-electron chi connectivity index (χ3n) is 1.84. The number of fused-ring (bicyclic) bond motifs is 1. The topological polar surface area (TPSA) is 62.8 Å². The number of benzene rings is 1. The third kappa shape index (κ3) is 1.89. The van der Waals surface area contributed by atoms with E-state index >= 15 is 0 Å². The zero-order valence-electron chi connectivity index (χ0n) is 7.62. The van der Waals surface area contributed by atoms with Gasteiger partial charge in [-0.3, -0.25) is 0 Å². The standard InChI is InChI=1S/C9H12N2O3/c12-4-3-10-11-7-1-2-8-9(5-7)14-6-13-8/h1-2,5,10-12H,3-4,6H2.